The predicted octanol–water partition coefficient (Wildman–Crippen LogP) is 2.14. The summed E-state index contributed by atoms with van der Waals surface area (Å²) in [5.74, 6) is 0.573. The van der Waals surface area contributed by atoms with E-state index in [1.807, 2.05) is 6.92 Å². The van der Waals surface area contributed by atoms with Crippen LogP contribution in [0.2, 0.25) is 0 Å². The number of hydrogen-bond acceptors (Lipinski definition) is 3. The number of ether oxygens (including phenoxy) is 1. The van der Waals surface area contributed by atoms with Crippen LogP contribution in [-0.4, -0.2) is 25.7 Å². The number of halogens is 1. The zero-order chi connectivity index (χ0) is 10.7. The van der Waals surface area contributed by atoms with E-state index in [0.717, 1.165) is 25.9 Å². The Morgan fingerprint density at radius 1 is 1.44 bits per heavy atom. The normalized spacial score (nSPS) is 27.4. The fourth-order valence-electron chi connectivity index (χ4n) is 2.94. The molecule has 1 saturated carbocycles. The van der Waals surface area contributed by atoms with Gasteiger partial charge < -0.3 is 10.1 Å². The number of esters is 1. The van der Waals surface area contributed by atoms with Crippen LogP contribution in [-0.2, 0) is 9.53 Å². The molecule has 1 N–H and O–H groups in total. The van der Waals surface area contributed by atoms with Crippen LogP contribution >= 0.6 is 12.4 Å². The van der Waals surface area contributed by atoms with Crippen molar-refractivity contribution in [2.45, 2.75) is 39.0 Å². The maximum absolute atomic E-state index is 12.0. The molecule has 0 radical (unpaired) electrons. The lowest BCUT2D eigenvalue weighted by Gasteiger charge is -2.46. The van der Waals surface area contributed by atoms with Gasteiger partial charge in [-0.05, 0) is 51.6 Å². The molecule has 3 nitrogen and oxygen atoms in total. The average Bonchev–Trinajstić information content (AvgIpc) is 2.18. The third-order valence-electron chi connectivity index (χ3n) is 4.01. The Labute approximate surface area is 104 Å². The van der Waals surface area contributed by atoms with Crippen molar-refractivity contribution in [2.24, 2.45) is 11.3 Å². The smallest absolute Gasteiger partial charge is 0.312 e. The maximum atomic E-state index is 12.0. The standard InChI is InChI=1S/C12H21NO2.ClH/c1-2-15-11(14)12(6-4-7-12)10-5-3-8-13-9-10;/h10,13H,2-9H2,1H3;1H. The topological polar surface area (TPSA) is 38.3 Å². The summed E-state index contributed by atoms with van der Waals surface area (Å²) < 4.78 is 5.24. The van der Waals surface area contributed by atoms with E-state index in [0.29, 0.717) is 12.5 Å². The highest BCUT2D eigenvalue weighted by atomic mass is 35.5. The van der Waals surface area contributed by atoms with Crippen LogP contribution in [0.5, 0.6) is 0 Å². The van der Waals surface area contributed by atoms with E-state index >= 15 is 0 Å². The molecule has 2 aliphatic rings. The van der Waals surface area contributed by atoms with Crippen LogP contribution in [0.25, 0.3) is 0 Å². The van der Waals surface area contributed by atoms with Crippen molar-refractivity contribution in [3.63, 3.8) is 0 Å². The highest BCUT2D eigenvalue weighted by Crippen LogP contribution is 2.50. The number of piperidine rings is 1. The summed E-state index contributed by atoms with van der Waals surface area (Å²) >= 11 is 0. The van der Waals surface area contributed by atoms with Crippen molar-refractivity contribution in [3.05, 3.63) is 0 Å². The zero-order valence-electron chi connectivity index (χ0n) is 9.96. The van der Waals surface area contributed by atoms with Gasteiger partial charge in [0.05, 0.1) is 12.0 Å². The van der Waals surface area contributed by atoms with E-state index in [-0.39, 0.29) is 23.8 Å². The molecule has 0 amide bonds. The molecule has 1 atom stereocenters. The van der Waals surface area contributed by atoms with Gasteiger partial charge in [0.1, 0.15) is 0 Å². The lowest BCUT2D eigenvalue weighted by Crippen LogP contribution is -2.50. The first-order valence-corrected chi connectivity index (χ1v) is 6.17. The molecular formula is C12H22ClNO2. The second-order valence-corrected chi connectivity index (χ2v) is 4.77. The number of rotatable bonds is 3. The van der Waals surface area contributed by atoms with Gasteiger partial charge in [-0.3, -0.25) is 4.79 Å². The zero-order valence-corrected chi connectivity index (χ0v) is 10.8. The van der Waals surface area contributed by atoms with Crippen LogP contribution in [0, 0.1) is 11.3 Å². The fraction of sp³-hybridized carbons (Fsp3) is 0.917. The Balaban J connectivity index is 0.00000128. The van der Waals surface area contributed by atoms with Gasteiger partial charge in [-0.2, -0.15) is 0 Å². The molecule has 1 aliphatic heterocycles. The molecule has 2 fully saturated rings. The molecule has 1 unspecified atom stereocenters. The van der Waals surface area contributed by atoms with Gasteiger partial charge in [-0.15, -0.1) is 12.4 Å². The quantitative estimate of drug-likeness (QED) is 0.777. The molecule has 0 aromatic rings. The van der Waals surface area contributed by atoms with Crippen molar-refractivity contribution >= 4 is 18.4 Å². The van der Waals surface area contributed by atoms with Crippen LogP contribution in [0.3, 0.4) is 0 Å². The van der Waals surface area contributed by atoms with Crippen molar-refractivity contribution in [1.82, 2.24) is 5.32 Å². The largest absolute Gasteiger partial charge is 0.466 e. The number of hydrogen-bond donors (Lipinski definition) is 1. The third-order valence-corrected chi connectivity index (χ3v) is 4.01. The van der Waals surface area contributed by atoms with Gasteiger partial charge in [0, 0.05) is 0 Å². The molecule has 16 heavy (non-hydrogen) atoms. The van der Waals surface area contributed by atoms with Gasteiger partial charge in [-0.25, -0.2) is 0 Å². The second kappa shape index (κ2) is 5.87. The van der Waals surface area contributed by atoms with Gasteiger partial charge in [-0.1, -0.05) is 6.42 Å². The van der Waals surface area contributed by atoms with E-state index in [1.54, 1.807) is 0 Å². The molecule has 1 aliphatic carbocycles. The van der Waals surface area contributed by atoms with Crippen molar-refractivity contribution < 1.29 is 9.53 Å². The van der Waals surface area contributed by atoms with Crippen molar-refractivity contribution in [3.8, 4) is 0 Å². The maximum Gasteiger partial charge on any atom is 0.312 e. The van der Waals surface area contributed by atoms with Crippen molar-refractivity contribution in [2.75, 3.05) is 19.7 Å². The second-order valence-electron chi connectivity index (χ2n) is 4.77. The third kappa shape index (κ3) is 2.35. The molecule has 4 heteroatoms. The van der Waals surface area contributed by atoms with Crippen LogP contribution in [0.4, 0.5) is 0 Å². The molecule has 0 aromatic heterocycles. The van der Waals surface area contributed by atoms with Crippen LogP contribution < -0.4 is 5.32 Å². The number of nitrogens with one attached hydrogen (secondary N) is 1. The fourth-order valence-corrected chi connectivity index (χ4v) is 2.94. The molecule has 0 spiro atoms. The van der Waals surface area contributed by atoms with Crippen LogP contribution in [0.1, 0.15) is 39.0 Å². The molecule has 0 aromatic carbocycles. The first-order valence-electron chi connectivity index (χ1n) is 6.17. The summed E-state index contributed by atoms with van der Waals surface area (Å²) in [6, 6.07) is 0. The van der Waals surface area contributed by atoms with E-state index < -0.39 is 0 Å². The lowest BCUT2D eigenvalue weighted by molar-refractivity contribution is -0.167. The predicted molar refractivity (Wildman–Crippen MR) is 65.8 cm³/mol. The van der Waals surface area contributed by atoms with E-state index in [1.165, 1.54) is 19.3 Å². The van der Waals surface area contributed by atoms with E-state index in [9.17, 15) is 4.79 Å². The average molecular weight is 248 g/mol. The highest BCUT2D eigenvalue weighted by Gasteiger charge is 2.51. The Morgan fingerprint density at radius 2 is 2.19 bits per heavy atom. The molecular weight excluding hydrogens is 226 g/mol. The molecule has 1 saturated heterocycles. The Kier molecular flexibility index (Phi) is 5.06. The van der Waals surface area contributed by atoms with E-state index in [4.69, 9.17) is 4.74 Å². The Morgan fingerprint density at radius 3 is 2.62 bits per heavy atom. The molecule has 1 heterocycles. The summed E-state index contributed by atoms with van der Waals surface area (Å²) in [4.78, 5) is 12.0. The van der Waals surface area contributed by atoms with Crippen LogP contribution in [0.15, 0.2) is 0 Å². The number of carbonyl (C=O) groups excluding carboxylic acids is 1. The van der Waals surface area contributed by atoms with Gasteiger partial charge in [0.2, 0.25) is 0 Å². The summed E-state index contributed by atoms with van der Waals surface area (Å²) in [7, 11) is 0. The van der Waals surface area contributed by atoms with Gasteiger partial charge >= 0.3 is 5.97 Å². The van der Waals surface area contributed by atoms with Crippen molar-refractivity contribution in [1.29, 1.82) is 0 Å². The molecule has 2 rings (SSSR count). The molecule has 0 bridgehead atoms. The van der Waals surface area contributed by atoms with Gasteiger partial charge in [0.15, 0.2) is 0 Å². The molecule has 94 valence electrons. The minimum atomic E-state index is -0.122. The minimum absolute atomic E-state index is 0. The number of carbonyl (C=O) groups is 1. The highest BCUT2D eigenvalue weighted by molar-refractivity contribution is 5.85. The monoisotopic (exact) mass is 247 g/mol. The summed E-state index contributed by atoms with van der Waals surface area (Å²) in [5.41, 5.74) is -0.122. The van der Waals surface area contributed by atoms with E-state index in [2.05, 4.69) is 5.32 Å². The summed E-state index contributed by atoms with van der Waals surface area (Å²) in [6.07, 6.45) is 5.66. The SMILES string of the molecule is CCOC(=O)C1(C2CCCNC2)CCC1.Cl. The Hall–Kier alpha value is -0.280. The Bertz CT molecular complexity index is 235. The summed E-state index contributed by atoms with van der Waals surface area (Å²) in [6.45, 7) is 4.51. The minimum Gasteiger partial charge on any atom is -0.466 e. The summed E-state index contributed by atoms with van der Waals surface area (Å²) in [5, 5.41) is 3.40. The van der Waals surface area contributed by atoms with Gasteiger partial charge in [0.25, 0.3) is 0 Å². The first-order chi connectivity index (χ1) is 7.29. The first kappa shape index (κ1) is 13.8. The lowest BCUT2D eigenvalue weighted by atomic mass is 9.59.